The van der Waals surface area contributed by atoms with Gasteiger partial charge in [-0.15, -0.1) is 0 Å². The molecule has 0 spiro atoms. The molecule has 1 unspecified atom stereocenters. The van der Waals surface area contributed by atoms with Gasteiger partial charge in [-0.05, 0) is 30.7 Å². The average molecular weight is 525 g/mol. The highest BCUT2D eigenvalue weighted by atomic mass is 19.1. The lowest BCUT2D eigenvalue weighted by Gasteiger charge is -2.42. The molecule has 2 N–H and O–H groups in total. The summed E-state index contributed by atoms with van der Waals surface area (Å²) >= 11 is 0. The summed E-state index contributed by atoms with van der Waals surface area (Å²) in [4.78, 5) is 44.2. The lowest BCUT2D eigenvalue weighted by Crippen LogP contribution is -2.61. The Kier molecular flexibility index (Phi) is 5.88. The highest BCUT2D eigenvalue weighted by Crippen LogP contribution is 2.33. The van der Waals surface area contributed by atoms with Gasteiger partial charge < -0.3 is 24.4 Å². The maximum atomic E-state index is 14.8. The van der Waals surface area contributed by atoms with Crippen molar-refractivity contribution in [2.24, 2.45) is 7.05 Å². The van der Waals surface area contributed by atoms with E-state index in [1.165, 1.54) is 12.1 Å². The standard InChI is InChI=1S/C26H26F2N6O4/c1-32-21-5-3-2-4-20(21)30-25(32)34-12-16(13-34)38-26(37)29-14-10-33(11-14)15-8-18(27)23(19(28)9-15)17-6-7-22(35)31-24(17)36/h2-5,8-9,14,16-17H,6-7,10-13H2,1H3,(H,29,37)(H,31,35,36). The molecule has 0 bridgehead atoms. The smallest absolute Gasteiger partial charge is 0.407 e. The van der Waals surface area contributed by atoms with Gasteiger partial charge in [-0.2, -0.15) is 0 Å². The number of imidazole rings is 1. The van der Waals surface area contributed by atoms with Crippen LogP contribution >= 0.6 is 0 Å². The summed E-state index contributed by atoms with van der Waals surface area (Å²) in [5.74, 6) is -3.02. The fourth-order valence-electron chi connectivity index (χ4n) is 5.28. The van der Waals surface area contributed by atoms with Crippen LogP contribution < -0.4 is 20.4 Å². The monoisotopic (exact) mass is 524 g/mol. The van der Waals surface area contributed by atoms with Gasteiger partial charge in [0.05, 0.1) is 36.1 Å². The highest BCUT2D eigenvalue weighted by molar-refractivity contribution is 6.01. The van der Waals surface area contributed by atoms with E-state index in [4.69, 9.17) is 4.74 Å². The van der Waals surface area contributed by atoms with Crippen LogP contribution in [0.3, 0.4) is 0 Å². The van der Waals surface area contributed by atoms with Crippen LogP contribution in [0.4, 0.5) is 25.2 Å². The number of rotatable bonds is 5. The topological polar surface area (TPSA) is 109 Å². The number of aromatic nitrogens is 2. The van der Waals surface area contributed by atoms with Gasteiger partial charge in [0.25, 0.3) is 0 Å². The summed E-state index contributed by atoms with van der Waals surface area (Å²) in [6.07, 6.45) is -0.692. The van der Waals surface area contributed by atoms with Crippen molar-refractivity contribution >= 4 is 40.6 Å². The van der Waals surface area contributed by atoms with E-state index in [-0.39, 0.29) is 30.6 Å². The number of hydrogen-bond acceptors (Lipinski definition) is 7. The Bertz CT molecular complexity index is 1420. The molecule has 3 amide bonds. The lowest BCUT2D eigenvalue weighted by atomic mass is 9.89. The molecule has 38 heavy (non-hydrogen) atoms. The molecule has 198 valence electrons. The Morgan fingerprint density at radius 3 is 2.47 bits per heavy atom. The zero-order valence-corrected chi connectivity index (χ0v) is 20.6. The van der Waals surface area contributed by atoms with Gasteiger partial charge in [-0.3, -0.25) is 14.9 Å². The number of ether oxygens (including phenoxy) is 1. The van der Waals surface area contributed by atoms with Crippen LogP contribution in [0.25, 0.3) is 11.0 Å². The van der Waals surface area contributed by atoms with Crippen molar-refractivity contribution in [3.8, 4) is 0 Å². The molecule has 3 saturated heterocycles. The second-order valence-electron chi connectivity index (χ2n) is 9.96. The molecule has 3 fully saturated rings. The summed E-state index contributed by atoms with van der Waals surface area (Å²) in [7, 11) is 1.95. The predicted octanol–water partition coefficient (Wildman–Crippen LogP) is 2.18. The summed E-state index contributed by atoms with van der Waals surface area (Å²) in [5.41, 5.74) is 1.93. The van der Waals surface area contributed by atoms with Gasteiger partial charge >= 0.3 is 6.09 Å². The first kappa shape index (κ1) is 24.1. The van der Waals surface area contributed by atoms with E-state index >= 15 is 0 Å². The van der Waals surface area contributed by atoms with Crippen molar-refractivity contribution < 1.29 is 27.9 Å². The molecule has 1 aromatic heterocycles. The number of piperidine rings is 1. The molecule has 0 saturated carbocycles. The van der Waals surface area contributed by atoms with Crippen molar-refractivity contribution in [3.63, 3.8) is 0 Å². The van der Waals surface area contributed by atoms with Crippen LogP contribution in [0.15, 0.2) is 36.4 Å². The molecule has 0 aliphatic carbocycles. The number of anilines is 2. The Balaban J connectivity index is 0.988. The zero-order chi connectivity index (χ0) is 26.6. The van der Waals surface area contributed by atoms with E-state index in [1.807, 2.05) is 40.8 Å². The minimum atomic E-state index is -1.04. The first-order chi connectivity index (χ1) is 18.3. The van der Waals surface area contributed by atoms with Crippen molar-refractivity contribution in [2.75, 3.05) is 36.0 Å². The summed E-state index contributed by atoms with van der Waals surface area (Å²) in [6, 6.07) is 10.0. The molecule has 1 atom stereocenters. The lowest BCUT2D eigenvalue weighted by molar-refractivity contribution is -0.134. The Hall–Kier alpha value is -4.22. The Morgan fingerprint density at radius 1 is 1.08 bits per heavy atom. The SMILES string of the molecule is Cn1c(N2CC(OC(=O)NC3CN(c4cc(F)c(C5CCC(=O)NC5=O)c(F)c4)C3)C2)nc2ccccc21. The summed E-state index contributed by atoms with van der Waals surface area (Å²) in [5, 5.41) is 4.92. The number of hydrogen-bond donors (Lipinski definition) is 2. The number of halogens is 2. The molecule has 0 radical (unpaired) electrons. The molecule has 4 heterocycles. The summed E-state index contributed by atoms with van der Waals surface area (Å²) < 4.78 is 37.1. The predicted molar refractivity (Wildman–Crippen MR) is 134 cm³/mol. The molecule has 12 heteroatoms. The van der Waals surface area contributed by atoms with Crippen molar-refractivity contribution in [1.82, 2.24) is 20.2 Å². The van der Waals surface area contributed by atoms with Gasteiger partial charge in [0.1, 0.15) is 17.7 Å². The number of aryl methyl sites for hydroxylation is 1. The van der Waals surface area contributed by atoms with Gasteiger partial charge in [0, 0.05) is 37.8 Å². The van der Waals surface area contributed by atoms with Crippen LogP contribution in [0.2, 0.25) is 0 Å². The maximum Gasteiger partial charge on any atom is 0.407 e. The van der Waals surface area contributed by atoms with Crippen molar-refractivity contribution in [3.05, 3.63) is 53.6 Å². The second kappa shape index (κ2) is 9.26. The molecule has 10 nitrogen and oxygen atoms in total. The van der Waals surface area contributed by atoms with Gasteiger partial charge in [0.15, 0.2) is 0 Å². The van der Waals surface area contributed by atoms with E-state index in [9.17, 15) is 23.2 Å². The average Bonchev–Trinajstić information content (AvgIpc) is 3.15. The zero-order valence-electron chi connectivity index (χ0n) is 20.6. The highest BCUT2D eigenvalue weighted by Gasteiger charge is 2.36. The number of nitrogens with zero attached hydrogens (tertiary/aromatic N) is 4. The Labute approximate surface area is 216 Å². The maximum absolute atomic E-state index is 14.8. The van der Waals surface area contributed by atoms with Gasteiger partial charge in [-0.25, -0.2) is 18.6 Å². The number of benzene rings is 2. The van der Waals surface area contributed by atoms with E-state index in [0.29, 0.717) is 31.9 Å². The minimum Gasteiger partial charge on any atom is -0.442 e. The summed E-state index contributed by atoms with van der Waals surface area (Å²) in [6.45, 7) is 1.81. The van der Waals surface area contributed by atoms with Crippen LogP contribution in [-0.2, 0) is 21.4 Å². The molecule has 3 aliphatic rings. The third-order valence-corrected chi connectivity index (χ3v) is 7.39. The number of carbonyl (C=O) groups is 3. The van der Waals surface area contributed by atoms with E-state index in [2.05, 4.69) is 15.6 Å². The number of imide groups is 1. The van der Waals surface area contributed by atoms with Gasteiger partial charge in [0.2, 0.25) is 17.8 Å². The second-order valence-corrected chi connectivity index (χ2v) is 9.96. The molecule has 6 rings (SSSR count). The van der Waals surface area contributed by atoms with Crippen LogP contribution in [0, 0.1) is 11.6 Å². The van der Waals surface area contributed by atoms with E-state index < -0.39 is 35.5 Å². The first-order valence-electron chi connectivity index (χ1n) is 12.5. The molecule has 3 aliphatic heterocycles. The third kappa shape index (κ3) is 4.29. The Morgan fingerprint density at radius 2 is 1.79 bits per heavy atom. The fourth-order valence-corrected chi connectivity index (χ4v) is 5.28. The van der Waals surface area contributed by atoms with E-state index in [0.717, 1.165) is 17.0 Å². The van der Waals surface area contributed by atoms with E-state index in [1.54, 1.807) is 4.90 Å². The van der Waals surface area contributed by atoms with Crippen molar-refractivity contribution in [2.45, 2.75) is 30.9 Å². The van der Waals surface area contributed by atoms with Crippen LogP contribution in [0.1, 0.15) is 24.3 Å². The number of nitrogens with one attached hydrogen (secondary N) is 2. The third-order valence-electron chi connectivity index (χ3n) is 7.39. The molecule has 3 aromatic rings. The largest absolute Gasteiger partial charge is 0.442 e. The number of fused-ring (bicyclic) bond motifs is 1. The molecular formula is C26H26F2N6O4. The number of amides is 3. The number of para-hydroxylation sites is 2. The normalized spacial score (nSPS) is 20.2. The number of alkyl carbamates (subject to hydrolysis) is 1. The van der Waals surface area contributed by atoms with Crippen molar-refractivity contribution in [1.29, 1.82) is 0 Å². The number of carbonyl (C=O) groups excluding carboxylic acids is 3. The van der Waals surface area contributed by atoms with Gasteiger partial charge in [-0.1, -0.05) is 12.1 Å². The molecular weight excluding hydrogens is 498 g/mol. The molecule has 2 aromatic carbocycles. The quantitative estimate of drug-likeness (QED) is 0.493. The van der Waals surface area contributed by atoms with Crippen LogP contribution in [0.5, 0.6) is 0 Å². The minimum absolute atomic E-state index is 0.0333. The first-order valence-corrected chi connectivity index (χ1v) is 12.5. The fraction of sp³-hybridized carbons (Fsp3) is 0.385. The van der Waals surface area contributed by atoms with Crippen LogP contribution in [-0.4, -0.2) is 65.8 Å².